The number of morpholine rings is 1. The van der Waals surface area contributed by atoms with Gasteiger partial charge in [-0.3, -0.25) is 9.59 Å². The van der Waals surface area contributed by atoms with E-state index in [0.29, 0.717) is 109 Å². The van der Waals surface area contributed by atoms with Gasteiger partial charge >= 0.3 is 111 Å². The van der Waals surface area contributed by atoms with Gasteiger partial charge in [0.15, 0.2) is 0 Å². The number of fused-ring (bicyclic) bond motifs is 4. The monoisotopic (exact) mass is 2750 g/mol. The molecule has 1 saturated heterocycles. The molecule has 0 atom stereocenters. The summed E-state index contributed by atoms with van der Waals surface area (Å²) < 4.78 is 71.2. The Balaban J connectivity index is 0.00000158. The van der Waals surface area contributed by atoms with Crippen LogP contribution in [0, 0.1) is 45.6 Å². The summed E-state index contributed by atoms with van der Waals surface area (Å²) in [4.78, 5) is 68.5. The average Bonchev–Trinajstić information content (AvgIpc) is 1.67. The van der Waals surface area contributed by atoms with Crippen molar-refractivity contribution in [3.8, 4) is 29.6 Å². The number of halogens is 8. The first-order valence-corrected chi connectivity index (χ1v) is 50.2. The molecule has 759 valence electrons. The van der Waals surface area contributed by atoms with Gasteiger partial charge in [-0.25, -0.2) is 19.2 Å². The Morgan fingerprint density at radius 1 is 0.567 bits per heavy atom. The Morgan fingerprint density at radius 2 is 0.957 bits per heavy atom. The first-order valence-electron chi connectivity index (χ1n) is 42.9. The number of furan rings is 4. The average molecular weight is 2760 g/mol. The molecule has 5 heterocycles. The van der Waals surface area contributed by atoms with Crippen molar-refractivity contribution in [3.05, 3.63) is 247 Å². The molecule has 4 radical (unpaired) electrons. The third-order valence-corrected chi connectivity index (χ3v) is 25.3. The summed E-state index contributed by atoms with van der Waals surface area (Å²) in [5, 5.41) is 58.5. The molecule has 0 bridgehead atoms. The predicted molar refractivity (Wildman–Crippen MR) is 579 cm³/mol. The molecule has 1 aliphatic heterocycles. The summed E-state index contributed by atoms with van der Waals surface area (Å²) in [5.74, 6) is 9.19. The minimum atomic E-state index is -1.40. The van der Waals surface area contributed by atoms with Crippen molar-refractivity contribution in [1.29, 1.82) is 0 Å². The number of nitrogens with zero attached hydrogens (tertiary/aromatic N) is 1. The Labute approximate surface area is 969 Å². The number of aromatic hydroxyl groups is 2. The number of esters is 4. The third-order valence-electron chi connectivity index (χ3n) is 20.4. The molecular formula is C99H111B2Cl2Cu2I6LiN2NaO26. The van der Waals surface area contributed by atoms with Gasteiger partial charge in [0.1, 0.15) is 69.2 Å². The number of nitrogens with two attached hydrogens (primary N) is 1. The zero-order chi connectivity index (χ0) is 97.8. The number of carboxylic acids is 1. The van der Waals surface area contributed by atoms with Crippen LogP contribution in [0.5, 0.6) is 17.2 Å². The van der Waals surface area contributed by atoms with E-state index in [1.165, 1.54) is 78.4 Å². The van der Waals surface area contributed by atoms with Gasteiger partial charge in [-0.2, -0.15) is 0 Å². The summed E-state index contributed by atoms with van der Waals surface area (Å²) in [6, 6.07) is 47.9. The second-order valence-corrected chi connectivity index (χ2v) is 39.1. The predicted octanol–water partition coefficient (Wildman–Crippen LogP) is 15.1. The number of hydrogen-bond donors (Lipinski definition) is 7. The first kappa shape index (κ1) is 134. The Bertz CT molecular complexity index is 5980. The molecule has 11 N–H and O–H groups in total. The van der Waals surface area contributed by atoms with Gasteiger partial charge in [-0.05, 0) is 346 Å². The number of para-hydroxylation sites is 2. The molecule has 141 heavy (non-hydrogen) atoms. The molecule has 0 amide bonds. The Kier molecular flexibility index (Phi) is 65.8. The fraction of sp³-hybridized carbons (Fsp3) is 0.354. The number of carbonyl (C=O) groups is 6. The van der Waals surface area contributed by atoms with E-state index in [2.05, 4.69) is 158 Å². The number of aliphatic hydroxyl groups is 1. The van der Waals surface area contributed by atoms with E-state index < -0.39 is 24.5 Å². The van der Waals surface area contributed by atoms with Crippen molar-refractivity contribution in [2.24, 2.45) is 17.6 Å². The summed E-state index contributed by atoms with van der Waals surface area (Å²) in [5.41, 5.74) is 14.5. The molecule has 0 spiro atoms. The van der Waals surface area contributed by atoms with Gasteiger partial charge in [0.2, 0.25) is 0 Å². The topological polar surface area (TPSA) is 449 Å². The maximum atomic E-state index is 11.8. The van der Waals surface area contributed by atoms with Gasteiger partial charge in [-0.1, -0.05) is 74.5 Å². The molecule has 6 aliphatic rings. The fourth-order valence-corrected chi connectivity index (χ4v) is 17.6. The number of benzene rings is 8. The number of ether oxygens (including phenoxy) is 7. The van der Waals surface area contributed by atoms with Crippen LogP contribution < -0.4 is 64.4 Å². The Hall–Kier alpha value is -5.09. The van der Waals surface area contributed by atoms with E-state index in [1.807, 2.05) is 127 Å². The van der Waals surface area contributed by atoms with Crippen molar-refractivity contribution in [3.63, 3.8) is 0 Å². The fourth-order valence-electron chi connectivity index (χ4n) is 12.6. The summed E-state index contributed by atoms with van der Waals surface area (Å²) in [6.07, 6.45) is 17.6. The zero-order valence-corrected chi connectivity index (χ0v) is 97.3. The van der Waals surface area contributed by atoms with E-state index in [0.717, 1.165) is 130 Å². The van der Waals surface area contributed by atoms with E-state index in [-0.39, 0.29) is 148 Å². The van der Waals surface area contributed by atoms with Crippen molar-refractivity contribution in [2.75, 3.05) is 67.4 Å². The number of carboxylic acid groups (broad SMARTS) is 1. The van der Waals surface area contributed by atoms with Gasteiger partial charge in [0.25, 0.3) is 0 Å². The number of phenols is 2. The number of carbonyl (C=O) groups excluding carboxylic acids is 5. The summed E-state index contributed by atoms with van der Waals surface area (Å²) in [6.45, 7) is 13.6. The number of rotatable bonds is 21. The van der Waals surface area contributed by atoms with Gasteiger partial charge < -0.3 is 104 Å². The molecular weight excluding hydrogens is 2640 g/mol. The number of aromatic carboxylic acids is 1. The normalized spacial score (nSPS) is 13.1. The van der Waals surface area contributed by atoms with Crippen LogP contribution in [-0.4, -0.2) is 165 Å². The summed E-state index contributed by atoms with van der Waals surface area (Å²) in [7, 11) is 3.43. The number of aliphatic hydroxyl groups excluding tert-OH is 1. The van der Waals surface area contributed by atoms with Crippen LogP contribution in [0.25, 0.3) is 43.9 Å². The zero-order valence-electron chi connectivity index (χ0n) is 79.9. The van der Waals surface area contributed by atoms with E-state index in [1.54, 1.807) is 79.7 Å². The molecule has 0 unspecified atom stereocenters. The summed E-state index contributed by atoms with van der Waals surface area (Å²) >= 11 is 20.6. The van der Waals surface area contributed by atoms with Crippen molar-refractivity contribution < 1.29 is 208 Å². The van der Waals surface area contributed by atoms with Crippen LogP contribution in [-0.2, 0) is 107 Å². The quantitative estimate of drug-likeness (QED) is 0.00877. The van der Waals surface area contributed by atoms with Gasteiger partial charge in [-0.15, -0.1) is 24.8 Å². The second-order valence-electron chi connectivity index (χ2n) is 31.8. The van der Waals surface area contributed by atoms with Crippen molar-refractivity contribution in [1.82, 2.24) is 4.90 Å². The van der Waals surface area contributed by atoms with Crippen LogP contribution in [0.1, 0.15) is 199 Å². The number of phenolic OH excluding ortho intramolecular Hbond substituents is 2. The molecule has 8 aromatic carbocycles. The van der Waals surface area contributed by atoms with Crippen molar-refractivity contribution in [2.45, 2.75) is 148 Å². The molecule has 4 aromatic heterocycles. The molecule has 42 heteroatoms. The minimum absolute atomic E-state index is 0. The Morgan fingerprint density at radius 3 is 1.32 bits per heavy atom. The molecule has 28 nitrogen and oxygen atoms in total. The van der Waals surface area contributed by atoms with Crippen LogP contribution in [0.4, 0.5) is 4.79 Å². The van der Waals surface area contributed by atoms with Crippen LogP contribution in [0.2, 0.25) is 0 Å². The maximum absolute atomic E-state index is 11.8. The molecule has 18 rings (SSSR count). The number of hydrogen-bond acceptors (Lipinski definition) is 26. The number of methoxy groups -OCH3 is 2. The standard InChI is InChI=1S/C22H21IO4.C13H11IO3.C12H9IO3.C12H11IO2.C10H12O3.C8H6I2O3.C7H10BNO2.C5H9ClO2.C5H11NO.C5H6.B.ClH.2Cu.Li.Na.2H2O.O.H/c1-2-25-21(24)12-16-5-3-4-6-19(16)26-13-14-9-17-11-20(15-7-8-15)27-22(17)18(23)10-14;1-16-13(15)9-4-8-6-11(7-2-3-7)17-12(8)10(14)5-9;13-9-4-8(12(14)15)3-7-5-10(6-1-2-6)16-11(7)9;13-10-4-7(6-14)3-9-5-11(8-1-2-8)15-12(9)10;1-2-13-10(12)7-8-5-3-4-6-9(8)11;1-13-8(12)4-2-5(9)7(11)6(10)3-4;9-5-6-2-1-3-7(4-6)8(10)11;1-4(2)3-8-5(6)7;1-6-2-4-7-5-3-6;1-2-5-3-4-5;;;;;;;;;;/h3-6,9-11,15H,2,7-8,12-13H2,1H3;4-7H,2-3H2,1H3;3-6H,1-2H2,(H,14,15);3-5,8,14H,1-2,6H2;3-6,11H,2,7H2,1H3;2-3,11H,1H3;1-4,10-11H,5,9H2;4H,3H2,1-2H3;2-5H2,1H3;1,5H,3-4H2;;1H;;;;;2*1H2;;/q;;;;;;;;;;;;;;2*+1;;;;-1/p-1. The second kappa shape index (κ2) is 69.2. The SMILES string of the molecule is C#CC1CC1.CC(C)COC(=O)Cl.CCOC(=O)Cc1ccccc1O.CCOC(=O)Cc1ccccc1OCc1cc(I)c2oc(C3CC3)cc2c1.CN1CCOCC1.COC(=O)c1cc(I)c(O)c(I)c1.COC(=O)c1cc(I)c2oc(C3CC3)cc2c1.Cl.NCc1cccc(B(O)O)c1.O.O=C(O)c1cc(I)c2oc(C3CC3)cc2c1.OCc1cc(I)c2oc(C3CC3)cc2c1.[B].[Cu].[H-].[Li+].[Na+].[OH-].[O]=[Cu]. The van der Waals surface area contributed by atoms with Gasteiger partial charge in [0.05, 0.1) is 105 Å². The molecule has 5 aliphatic carbocycles. The van der Waals surface area contributed by atoms with Crippen LogP contribution in [0.15, 0.2) is 175 Å². The van der Waals surface area contributed by atoms with Crippen LogP contribution >= 0.6 is 160 Å². The number of likely N-dealkylation sites (N-methyl/N-ethyl adjacent to an activating group) is 1. The number of terminal acetylenes is 1. The van der Waals surface area contributed by atoms with Crippen LogP contribution in [0.3, 0.4) is 0 Å². The van der Waals surface area contributed by atoms with Crippen molar-refractivity contribution >= 4 is 260 Å². The van der Waals surface area contributed by atoms with E-state index >= 15 is 0 Å². The molecule has 6 fully saturated rings. The van der Waals surface area contributed by atoms with Gasteiger partial charge in [0, 0.05) is 119 Å². The van der Waals surface area contributed by atoms with E-state index in [9.17, 15) is 39.0 Å². The first-order chi connectivity index (χ1) is 64.2. The molecule has 12 aromatic rings. The third kappa shape index (κ3) is 45.9. The van der Waals surface area contributed by atoms with E-state index in [4.69, 9.17) is 89.2 Å². The molecule has 5 saturated carbocycles.